The second-order valence-corrected chi connectivity index (χ2v) is 10.2. The summed E-state index contributed by atoms with van der Waals surface area (Å²) in [6, 6.07) is 14.0. The van der Waals surface area contributed by atoms with E-state index in [1.807, 2.05) is 12.1 Å². The molecule has 4 N–H and O–H groups in total. The van der Waals surface area contributed by atoms with Crippen LogP contribution in [0.4, 0.5) is 5.69 Å². The maximum Gasteiger partial charge on any atom is 0.138 e. The molecule has 0 aliphatic carbocycles. The smallest absolute Gasteiger partial charge is 0.138 e. The third-order valence-electron chi connectivity index (χ3n) is 7.10. The van der Waals surface area contributed by atoms with Crippen LogP contribution < -0.4 is 10.6 Å². The van der Waals surface area contributed by atoms with Gasteiger partial charge >= 0.3 is 0 Å². The van der Waals surface area contributed by atoms with Gasteiger partial charge in [0.2, 0.25) is 0 Å². The van der Waals surface area contributed by atoms with Crippen molar-refractivity contribution in [2.24, 2.45) is 0 Å². The molecule has 3 rings (SSSR count). The molecule has 1 unspecified atom stereocenters. The van der Waals surface area contributed by atoms with E-state index in [1.165, 1.54) is 0 Å². The Kier molecular flexibility index (Phi) is 14.7. The molecule has 0 spiro atoms. The van der Waals surface area contributed by atoms with Crippen LogP contribution in [0, 0.1) is 0 Å². The minimum atomic E-state index is -0.213. The van der Waals surface area contributed by atoms with E-state index in [4.69, 9.17) is 23.7 Å². The quantitative estimate of drug-likeness (QED) is 0.151. The molecule has 1 saturated heterocycles. The fourth-order valence-electron chi connectivity index (χ4n) is 4.98. The number of aliphatic hydroxyl groups excluding tert-OH is 1. The minimum absolute atomic E-state index is 0.00595. The Hall–Kier alpha value is -2.24. The number of aromatic hydroxyl groups is 1. The van der Waals surface area contributed by atoms with Crippen molar-refractivity contribution in [2.45, 2.75) is 63.6 Å². The number of hydrogen-bond acceptors (Lipinski definition) is 9. The van der Waals surface area contributed by atoms with Gasteiger partial charge in [-0.3, -0.25) is 0 Å². The van der Waals surface area contributed by atoms with Crippen LogP contribution in [-0.4, -0.2) is 88.8 Å². The number of anilines is 1. The number of nitrogens with one attached hydrogen (secondary N) is 2. The molecule has 0 saturated carbocycles. The summed E-state index contributed by atoms with van der Waals surface area (Å²) in [5.74, 6) is 0.198. The number of benzene rings is 2. The number of aliphatic hydroxyl groups is 1. The normalized spacial score (nSPS) is 19.9. The van der Waals surface area contributed by atoms with Gasteiger partial charge in [-0.05, 0) is 41.7 Å². The molecule has 1 fully saturated rings. The van der Waals surface area contributed by atoms with Crippen molar-refractivity contribution < 1.29 is 33.9 Å². The molecule has 2 aromatic carbocycles. The highest BCUT2D eigenvalue weighted by Crippen LogP contribution is 2.33. The molecule has 224 valence electrons. The molecule has 4 atom stereocenters. The van der Waals surface area contributed by atoms with E-state index >= 15 is 0 Å². The molecule has 40 heavy (non-hydrogen) atoms. The zero-order chi connectivity index (χ0) is 28.6. The summed E-state index contributed by atoms with van der Waals surface area (Å²) in [7, 11) is 3.34. The molecular weight excluding hydrogens is 512 g/mol. The maximum absolute atomic E-state index is 10.3. The van der Waals surface area contributed by atoms with Crippen LogP contribution >= 0.6 is 0 Å². The second-order valence-electron chi connectivity index (χ2n) is 10.2. The molecule has 0 aromatic heterocycles. The second kappa shape index (κ2) is 18.2. The number of methoxy groups -OCH3 is 2. The maximum atomic E-state index is 10.3. The predicted molar refractivity (Wildman–Crippen MR) is 156 cm³/mol. The molecule has 0 radical (unpaired) electrons. The Balaban J connectivity index is 1.73. The van der Waals surface area contributed by atoms with Crippen molar-refractivity contribution in [1.29, 1.82) is 0 Å². The van der Waals surface area contributed by atoms with Crippen molar-refractivity contribution in [3.63, 3.8) is 0 Å². The van der Waals surface area contributed by atoms with Crippen LogP contribution in [0.5, 0.6) is 5.75 Å². The van der Waals surface area contributed by atoms with Gasteiger partial charge in [-0.1, -0.05) is 43.7 Å². The van der Waals surface area contributed by atoms with Crippen LogP contribution in [-0.2, 0) is 36.9 Å². The number of phenols is 1. The molecule has 2 aromatic rings. The summed E-state index contributed by atoms with van der Waals surface area (Å²) < 4.78 is 28.8. The first kappa shape index (κ1) is 32.3. The van der Waals surface area contributed by atoms with E-state index in [-0.39, 0.29) is 36.6 Å². The van der Waals surface area contributed by atoms with Crippen LogP contribution in [0.15, 0.2) is 42.5 Å². The third kappa shape index (κ3) is 10.3. The van der Waals surface area contributed by atoms with Crippen LogP contribution in [0.2, 0.25) is 0 Å². The van der Waals surface area contributed by atoms with E-state index < -0.39 is 0 Å². The van der Waals surface area contributed by atoms with Crippen LogP contribution in [0.25, 0.3) is 0 Å². The van der Waals surface area contributed by atoms with Gasteiger partial charge in [0, 0.05) is 46.4 Å². The Labute approximate surface area is 239 Å². The van der Waals surface area contributed by atoms with E-state index in [2.05, 4.69) is 41.8 Å². The highest BCUT2D eigenvalue weighted by atomic mass is 16.5. The zero-order valence-corrected chi connectivity index (χ0v) is 24.3. The van der Waals surface area contributed by atoms with E-state index in [0.717, 1.165) is 36.0 Å². The first-order valence-corrected chi connectivity index (χ1v) is 14.4. The standard InChI is InChI=1S/C31H48N2O7/c1-4-6-26(20-34)40-30-19-32-18-29(31(30)25-10-7-23(8-11-25)21-38-16-15-37-3)39-22-24-9-12-28(35)27(17-24)33-13-5-14-36-2/h7-12,17,26,29-35H,4-6,13-16,18-22H2,1-3H3/t26-,29+,30-,31?/m1/s1. The first-order valence-electron chi connectivity index (χ1n) is 14.4. The largest absolute Gasteiger partial charge is 0.506 e. The lowest BCUT2D eigenvalue weighted by Crippen LogP contribution is -2.51. The average Bonchev–Trinajstić information content (AvgIpc) is 2.98. The predicted octanol–water partition coefficient (Wildman–Crippen LogP) is 3.82. The summed E-state index contributed by atoms with van der Waals surface area (Å²) >= 11 is 0. The van der Waals surface area contributed by atoms with E-state index in [0.29, 0.717) is 58.4 Å². The molecule has 1 aliphatic heterocycles. The number of rotatable bonds is 19. The average molecular weight is 561 g/mol. The van der Waals surface area contributed by atoms with Gasteiger partial charge in [0.05, 0.1) is 57.0 Å². The topological polar surface area (TPSA) is 111 Å². The van der Waals surface area contributed by atoms with Crippen LogP contribution in [0.1, 0.15) is 48.8 Å². The van der Waals surface area contributed by atoms with E-state index in [9.17, 15) is 10.2 Å². The van der Waals surface area contributed by atoms with Crippen molar-refractivity contribution in [3.8, 4) is 5.75 Å². The molecule has 0 bridgehead atoms. The third-order valence-corrected chi connectivity index (χ3v) is 7.10. The SMILES string of the molecule is CCC[C@H](CO)O[C@@H]1CNC[C@H](OCc2ccc(O)c(NCCCOC)c2)C1c1ccc(COCCOC)cc1. The van der Waals surface area contributed by atoms with Crippen molar-refractivity contribution >= 4 is 5.69 Å². The molecule has 1 heterocycles. The van der Waals surface area contributed by atoms with Crippen molar-refractivity contribution in [3.05, 3.63) is 59.2 Å². The van der Waals surface area contributed by atoms with Gasteiger partial charge in [-0.15, -0.1) is 0 Å². The fraction of sp³-hybridized carbons (Fsp3) is 0.613. The van der Waals surface area contributed by atoms with Crippen LogP contribution in [0.3, 0.4) is 0 Å². The summed E-state index contributed by atoms with van der Waals surface area (Å²) in [5, 5.41) is 27.0. The van der Waals surface area contributed by atoms with Crippen molar-refractivity contribution in [1.82, 2.24) is 5.32 Å². The summed E-state index contributed by atoms with van der Waals surface area (Å²) in [6.07, 6.45) is 2.08. The Bertz CT molecular complexity index is 959. The summed E-state index contributed by atoms with van der Waals surface area (Å²) in [5.41, 5.74) is 3.89. The number of piperidine rings is 1. The molecule has 9 heteroatoms. The lowest BCUT2D eigenvalue weighted by atomic mass is 9.84. The van der Waals surface area contributed by atoms with E-state index in [1.54, 1.807) is 20.3 Å². The monoisotopic (exact) mass is 560 g/mol. The molecule has 1 aliphatic rings. The fourth-order valence-corrected chi connectivity index (χ4v) is 4.98. The van der Waals surface area contributed by atoms with Crippen molar-refractivity contribution in [2.75, 3.05) is 65.6 Å². The van der Waals surface area contributed by atoms with Gasteiger partial charge in [-0.25, -0.2) is 0 Å². The molecule has 0 amide bonds. The molecule has 9 nitrogen and oxygen atoms in total. The lowest BCUT2D eigenvalue weighted by Gasteiger charge is -2.40. The van der Waals surface area contributed by atoms with Gasteiger partial charge in [0.25, 0.3) is 0 Å². The Morgan fingerprint density at radius 1 is 0.950 bits per heavy atom. The summed E-state index contributed by atoms with van der Waals surface area (Å²) in [4.78, 5) is 0. The summed E-state index contributed by atoms with van der Waals surface area (Å²) in [6.45, 7) is 6.87. The highest BCUT2D eigenvalue weighted by Gasteiger charge is 2.37. The molecular formula is C31H48N2O7. The highest BCUT2D eigenvalue weighted by molar-refractivity contribution is 5.57. The zero-order valence-electron chi connectivity index (χ0n) is 24.3. The lowest BCUT2D eigenvalue weighted by molar-refractivity contribution is -0.0987. The number of ether oxygens (including phenoxy) is 5. The Morgan fingerprint density at radius 2 is 1.70 bits per heavy atom. The van der Waals surface area contributed by atoms with Gasteiger partial charge in [-0.2, -0.15) is 0 Å². The minimum Gasteiger partial charge on any atom is -0.506 e. The first-order chi connectivity index (χ1) is 19.6. The number of hydrogen-bond donors (Lipinski definition) is 4. The Morgan fingerprint density at radius 3 is 2.42 bits per heavy atom. The number of phenolic OH excluding ortho intramolecular Hbond substituents is 1. The van der Waals surface area contributed by atoms with Gasteiger partial charge < -0.3 is 44.5 Å². The van der Waals surface area contributed by atoms with Gasteiger partial charge in [0.15, 0.2) is 0 Å². The van der Waals surface area contributed by atoms with Gasteiger partial charge in [0.1, 0.15) is 5.75 Å².